The molecule has 0 aliphatic rings. The summed E-state index contributed by atoms with van der Waals surface area (Å²) in [5, 5.41) is 13.9. The van der Waals surface area contributed by atoms with Gasteiger partial charge in [0.2, 0.25) is 15.9 Å². The summed E-state index contributed by atoms with van der Waals surface area (Å²) in [6.45, 7) is 1.74. The van der Waals surface area contributed by atoms with Gasteiger partial charge < -0.3 is 10.5 Å². The maximum absolute atomic E-state index is 11.6. The number of pyridine rings is 1. The molecule has 3 aromatic rings. The number of rotatable bonds is 6. The van der Waals surface area contributed by atoms with Gasteiger partial charge in [-0.1, -0.05) is 36.4 Å². The normalized spacial score (nSPS) is 12.2. The highest BCUT2D eigenvalue weighted by atomic mass is 32.2. The number of hydrogen-bond acceptors (Lipinski definition) is 6. The minimum absolute atomic E-state index is 0.0517. The lowest BCUT2D eigenvalue weighted by molar-refractivity contribution is 0.398. The van der Waals surface area contributed by atoms with Crippen LogP contribution in [0.25, 0.3) is 16.7 Å². The molecule has 0 amide bonds. The molecule has 0 bridgehead atoms. The molecule has 0 aliphatic carbocycles. The van der Waals surface area contributed by atoms with Crippen LogP contribution in [0, 0.1) is 5.41 Å². The topological polar surface area (TPSA) is 132 Å². The molecule has 0 aliphatic heterocycles. The summed E-state index contributed by atoms with van der Waals surface area (Å²) < 4.78 is 28.4. The van der Waals surface area contributed by atoms with Crippen molar-refractivity contribution in [2.75, 3.05) is 7.11 Å². The van der Waals surface area contributed by atoms with E-state index in [2.05, 4.69) is 4.98 Å². The van der Waals surface area contributed by atoms with Crippen molar-refractivity contribution in [3.63, 3.8) is 0 Å². The van der Waals surface area contributed by atoms with Gasteiger partial charge in [0.25, 0.3) is 0 Å². The Kier molecular flexibility index (Phi) is 6.00. The molecule has 154 valence electrons. The van der Waals surface area contributed by atoms with Crippen LogP contribution in [-0.2, 0) is 10.0 Å². The summed E-state index contributed by atoms with van der Waals surface area (Å²) in [6, 6.07) is 17.2. The number of methoxy groups -OCH3 is 1. The van der Waals surface area contributed by atoms with Gasteiger partial charge in [0, 0.05) is 29.1 Å². The number of sulfonamides is 1. The molecule has 0 fully saturated rings. The first-order chi connectivity index (χ1) is 14.2. The van der Waals surface area contributed by atoms with Crippen molar-refractivity contribution in [2.24, 2.45) is 10.9 Å². The molecule has 0 unspecified atom stereocenters. The zero-order valence-electron chi connectivity index (χ0n) is 16.6. The molecular formula is C22H22N4O3S. The van der Waals surface area contributed by atoms with Crippen LogP contribution in [0.4, 0.5) is 0 Å². The molecule has 0 saturated carbocycles. The molecular weight excluding hydrogens is 400 g/mol. The van der Waals surface area contributed by atoms with Crippen LogP contribution in [0.2, 0.25) is 0 Å². The van der Waals surface area contributed by atoms with Crippen LogP contribution in [0.15, 0.2) is 77.5 Å². The average molecular weight is 423 g/mol. The van der Waals surface area contributed by atoms with Gasteiger partial charge in [0.1, 0.15) is 0 Å². The quantitative estimate of drug-likeness (QED) is 0.525. The minimum Gasteiger partial charge on any atom is -0.481 e. The number of ether oxygens (including phenoxy) is 1. The molecule has 0 saturated heterocycles. The van der Waals surface area contributed by atoms with Crippen LogP contribution in [0.5, 0.6) is 5.88 Å². The second-order valence-electron chi connectivity index (χ2n) is 6.67. The van der Waals surface area contributed by atoms with Crippen LogP contribution in [0.3, 0.4) is 0 Å². The Morgan fingerprint density at radius 1 is 1.00 bits per heavy atom. The first kappa shape index (κ1) is 21.2. The van der Waals surface area contributed by atoms with E-state index in [-0.39, 0.29) is 10.6 Å². The Morgan fingerprint density at radius 3 is 2.30 bits per heavy atom. The lowest BCUT2D eigenvalue weighted by Crippen LogP contribution is -2.11. The van der Waals surface area contributed by atoms with E-state index in [9.17, 15) is 8.42 Å². The largest absolute Gasteiger partial charge is 0.481 e. The lowest BCUT2D eigenvalue weighted by atomic mass is 9.93. The first-order valence-corrected chi connectivity index (χ1v) is 10.5. The minimum atomic E-state index is -3.78. The number of aromatic nitrogens is 1. The number of hydrogen-bond donors (Lipinski definition) is 3. The monoisotopic (exact) mass is 422 g/mol. The van der Waals surface area contributed by atoms with E-state index in [4.69, 9.17) is 21.0 Å². The molecule has 30 heavy (non-hydrogen) atoms. The van der Waals surface area contributed by atoms with Gasteiger partial charge in [0.05, 0.1) is 17.7 Å². The fourth-order valence-electron chi connectivity index (χ4n) is 3.07. The van der Waals surface area contributed by atoms with E-state index in [0.29, 0.717) is 22.7 Å². The van der Waals surface area contributed by atoms with E-state index in [0.717, 1.165) is 16.7 Å². The highest BCUT2D eigenvalue weighted by Crippen LogP contribution is 2.27. The zero-order chi connectivity index (χ0) is 21.9. The summed E-state index contributed by atoms with van der Waals surface area (Å²) in [5.41, 5.74) is 10.4. The smallest absolute Gasteiger partial charge is 0.238 e. The highest BCUT2D eigenvalue weighted by Gasteiger charge is 2.15. The fourth-order valence-corrected chi connectivity index (χ4v) is 3.63. The second kappa shape index (κ2) is 8.48. The zero-order valence-corrected chi connectivity index (χ0v) is 17.4. The van der Waals surface area contributed by atoms with Gasteiger partial charge in [0.15, 0.2) is 0 Å². The molecule has 2 aromatic carbocycles. The van der Waals surface area contributed by atoms with Crippen LogP contribution < -0.4 is 15.6 Å². The van der Waals surface area contributed by atoms with Crippen molar-refractivity contribution in [3.05, 3.63) is 83.7 Å². The third-order valence-corrected chi connectivity index (χ3v) is 5.46. The Hall–Kier alpha value is -3.49. The van der Waals surface area contributed by atoms with Crippen molar-refractivity contribution >= 4 is 21.3 Å². The summed E-state index contributed by atoms with van der Waals surface area (Å²) in [5.74, 6) is 0.413. The third kappa shape index (κ3) is 4.56. The van der Waals surface area contributed by atoms with Crippen LogP contribution >= 0.6 is 0 Å². The first-order valence-electron chi connectivity index (χ1n) is 9.00. The van der Waals surface area contributed by atoms with Crippen molar-refractivity contribution in [3.8, 4) is 17.0 Å². The van der Waals surface area contributed by atoms with E-state index in [1.807, 2.05) is 24.3 Å². The Labute approximate surface area is 175 Å². The number of allylic oxidation sites excluding steroid dienone is 2. The van der Waals surface area contributed by atoms with Crippen LogP contribution in [0.1, 0.15) is 18.1 Å². The molecule has 0 atom stereocenters. The summed E-state index contributed by atoms with van der Waals surface area (Å²) in [4.78, 5) is 4.12. The van der Waals surface area contributed by atoms with Gasteiger partial charge in [-0.05, 0) is 41.8 Å². The average Bonchev–Trinajstić information content (AvgIpc) is 2.73. The number of nitrogens with one attached hydrogen (secondary N) is 1. The van der Waals surface area contributed by atoms with Crippen LogP contribution in [-0.4, -0.2) is 26.2 Å². The third-order valence-electron chi connectivity index (χ3n) is 4.55. The van der Waals surface area contributed by atoms with Gasteiger partial charge in [-0.2, -0.15) is 0 Å². The molecule has 7 nitrogen and oxygen atoms in total. The highest BCUT2D eigenvalue weighted by molar-refractivity contribution is 7.89. The number of nitrogens with two attached hydrogens (primary N) is 2. The second-order valence-corrected chi connectivity index (χ2v) is 8.23. The molecule has 5 N–H and O–H groups in total. The van der Waals surface area contributed by atoms with Gasteiger partial charge in [-0.15, -0.1) is 0 Å². The Bertz CT molecular complexity index is 1230. The predicted octanol–water partition coefficient (Wildman–Crippen LogP) is 3.16. The Balaban J connectivity index is 1.97. The van der Waals surface area contributed by atoms with Gasteiger partial charge in [-0.3, -0.25) is 5.41 Å². The van der Waals surface area contributed by atoms with E-state index in [1.165, 1.54) is 19.2 Å². The molecule has 0 spiro atoms. The molecule has 1 heterocycles. The lowest BCUT2D eigenvalue weighted by Gasteiger charge is -2.14. The summed E-state index contributed by atoms with van der Waals surface area (Å²) in [6.07, 6.45) is 1.58. The summed E-state index contributed by atoms with van der Waals surface area (Å²) >= 11 is 0. The SMILES string of the molecule is COc1cc(C(=N)/C(=C(/C)N)c2ccc(-c3cccc(S(N)(=O)=O)c3)cc2)ccn1. The van der Waals surface area contributed by atoms with Gasteiger partial charge >= 0.3 is 0 Å². The van der Waals surface area contributed by atoms with E-state index < -0.39 is 10.0 Å². The maximum Gasteiger partial charge on any atom is 0.238 e. The Morgan fingerprint density at radius 2 is 1.70 bits per heavy atom. The number of benzene rings is 2. The van der Waals surface area contributed by atoms with E-state index in [1.54, 1.807) is 37.4 Å². The molecule has 8 heteroatoms. The molecule has 1 aromatic heterocycles. The molecule has 0 radical (unpaired) electrons. The predicted molar refractivity (Wildman–Crippen MR) is 118 cm³/mol. The van der Waals surface area contributed by atoms with Crippen molar-refractivity contribution in [1.82, 2.24) is 4.98 Å². The number of primary sulfonamides is 1. The van der Waals surface area contributed by atoms with Crippen molar-refractivity contribution < 1.29 is 13.2 Å². The van der Waals surface area contributed by atoms with Crippen molar-refractivity contribution in [2.45, 2.75) is 11.8 Å². The van der Waals surface area contributed by atoms with Gasteiger partial charge in [-0.25, -0.2) is 18.5 Å². The fraction of sp³-hybridized carbons (Fsp3) is 0.0909. The number of nitrogens with zero attached hydrogens (tertiary/aromatic N) is 1. The maximum atomic E-state index is 11.6. The summed E-state index contributed by atoms with van der Waals surface area (Å²) in [7, 11) is -2.26. The van der Waals surface area contributed by atoms with Crippen molar-refractivity contribution in [1.29, 1.82) is 5.41 Å². The standard InChI is InChI=1S/C22H22N4O3S/c1-14(23)21(22(24)18-10-11-26-20(13-18)29-2)16-8-6-15(7-9-16)17-4-3-5-19(12-17)30(25,27)28/h3-13,24H,23H2,1-2H3,(H2,25,27,28)/b21-14-,24-22?. The van der Waals surface area contributed by atoms with E-state index >= 15 is 0 Å². The molecule has 3 rings (SSSR count).